The molecule has 2 N–H and O–H groups in total. The molecule has 0 unspecified atom stereocenters. The summed E-state index contributed by atoms with van der Waals surface area (Å²) in [6, 6.07) is 15.8. The van der Waals surface area contributed by atoms with E-state index in [-0.39, 0.29) is 16.8 Å². The lowest BCUT2D eigenvalue weighted by Gasteiger charge is -2.28. The zero-order valence-electron chi connectivity index (χ0n) is 15.4. The van der Waals surface area contributed by atoms with Gasteiger partial charge < -0.3 is 15.0 Å². The monoisotopic (exact) mass is 389 g/mol. The topological polar surface area (TPSA) is 76.9 Å². The Morgan fingerprint density at radius 2 is 1.70 bits per heavy atom. The third-order valence-corrected chi connectivity index (χ3v) is 5.87. The van der Waals surface area contributed by atoms with Crippen molar-refractivity contribution in [2.75, 3.05) is 39.1 Å². The van der Waals surface area contributed by atoms with Crippen LogP contribution in [0, 0.1) is 0 Å². The molecule has 1 saturated heterocycles. The van der Waals surface area contributed by atoms with Gasteiger partial charge in [-0.15, -0.1) is 0 Å². The Balaban J connectivity index is 1.75. The highest BCUT2D eigenvalue weighted by Gasteiger charge is 2.23. The van der Waals surface area contributed by atoms with E-state index in [0.29, 0.717) is 5.56 Å². The van der Waals surface area contributed by atoms with Crippen molar-refractivity contribution in [3.63, 3.8) is 0 Å². The molecule has 0 spiro atoms. The molecule has 27 heavy (non-hydrogen) atoms. The molecule has 7 heteroatoms. The highest BCUT2D eigenvalue weighted by Crippen LogP contribution is 2.14. The summed E-state index contributed by atoms with van der Waals surface area (Å²) in [5, 5.41) is 3.11. The van der Waals surface area contributed by atoms with Crippen LogP contribution in [0.25, 0.3) is 0 Å². The van der Waals surface area contributed by atoms with Crippen molar-refractivity contribution < 1.29 is 22.8 Å². The van der Waals surface area contributed by atoms with Crippen molar-refractivity contribution in [3.05, 3.63) is 65.7 Å². The summed E-state index contributed by atoms with van der Waals surface area (Å²) in [5.74, 6) is -0.212. The number of hydrogen-bond donors (Lipinski definition) is 2. The zero-order chi connectivity index (χ0) is 19.3. The van der Waals surface area contributed by atoms with Gasteiger partial charge in [0.05, 0.1) is 18.1 Å². The van der Waals surface area contributed by atoms with Crippen LogP contribution in [0.4, 0.5) is 0 Å². The van der Waals surface area contributed by atoms with E-state index in [9.17, 15) is 13.2 Å². The van der Waals surface area contributed by atoms with E-state index in [2.05, 4.69) is 5.32 Å². The van der Waals surface area contributed by atoms with Gasteiger partial charge in [-0.25, -0.2) is 8.42 Å². The van der Waals surface area contributed by atoms with E-state index in [0.717, 1.165) is 44.7 Å². The number of rotatable bonds is 6. The molecule has 1 atom stereocenters. The van der Waals surface area contributed by atoms with Gasteiger partial charge >= 0.3 is 0 Å². The van der Waals surface area contributed by atoms with E-state index in [4.69, 9.17) is 4.74 Å². The second-order valence-electron chi connectivity index (χ2n) is 6.80. The van der Waals surface area contributed by atoms with Gasteiger partial charge in [-0.2, -0.15) is 0 Å². The Hall–Kier alpha value is -2.22. The molecule has 1 heterocycles. The summed E-state index contributed by atoms with van der Waals surface area (Å²) < 4.78 is 28.6. The molecule has 2 aromatic carbocycles. The van der Waals surface area contributed by atoms with Gasteiger partial charge in [0.2, 0.25) is 0 Å². The van der Waals surface area contributed by atoms with Crippen molar-refractivity contribution in [1.82, 2.24) is 5.32 Å². The largest absolute Gasteiger partial charge is 0.370 e. The van der Waals surface area contributed by atoms with Crippen LogP contribution in [0.15, 0.2) is 59.5 Å². The number of hydrogen-bond acceptors (Lipinski definition) is 4. The number of sulfone groups is 1. The van der Waals surface area contributed by atoms with Crippen LogP contribution in [0.5, 0.6) is 0 Å². The van der Waals surface area contributed by atoms with Gasteiger partial charge in [0.25, 0.3) is 5.91 Å². The molecule has 0 aliphatic carbocycles. The first-order chi connectivity index (χ1) is 12.9. The van der Waals surface area contributed by atoms with E-state index in [1.807, 2.05) is 30.3 Å². The second-order valence-corrected chi connectivity index (χ2v) is 8.82. The van der Waals surface area contributed by atoms with Gasteiger partial charge in [-0.3, -0.25) is 4.79 Å². The van der Waals surface area contributed by atoms with Crippen molar-refractivity contribution in [3.8, 4) is 0 Å². The third-order valence-electron chi connectivity index (χ3n) is 4.74. The van der Waals surface area contributed by atoms with Crippen molar-refractivity contribution >= 4 is 15.7 Å². The van der Waals surface area contributed by atoms with Gasteiger partial charge in [0, 0.05) is 11.8 Å². The summed E-state index contributed by atoms with van der Waals surface area (Å²) in [6.45, 7) is 4.08. The molecule has 0 radical (unpaired) electrons. The van der Waals surface area contributed by atoms with E-state index >= 15 is 0 Å². The summed E-state index contributed by atoms with van der Waals surface area (Å²) in [6.07, 6.45) is 1.15. The van der Waals surface area contributed by atoms with Crippen LogP contribution in [0.1, 0.15) is 22.0 Å². The maximum Gasteiger partial charge on any atom is 0.251 e. The van der Waals surface area contributed by atoms with Gasteiger partial charge in [-0.1, -0.05) is 30.3 Å². The fourth-order valence-electron chi connectivity index (χ4n) is 3.19. The van der Waals surface area contributed by atoms with Crippen molar-refractivity contribution in [2.45, 2.75) is 10.9 Å². The van der Waals surface area contributed by atoms with Crippen LogP contribution >= 0.6 is 0 Å². The lowest BCUT2D eigenvalue weighted by molar-refractivity contribution is -0.909. The molecule has 1 aliphatic rings. The average molecular weight is 389 g/mol. The number of nitrogens with one attached hydrogen (secondary N) is 2. The minimum atomic E-state index is -3.28. The lowest BCUT2D eigenvalue weighted by Crippen LogP contribution is -3.14. The summed E-state index contributed by atoms with van der Waals surface area (Å²) in [4.78, 5) is 14.3. The maximum absolute atomic E-state index is 12.7. The standard InChI is InChI=1S/C20H24N2O4S/c1-27(24,25)18-9-7-17(8-10-18)20(23)21-19(16-5-3-2-4-6-16)15-22-11-13-26-14-12-22/h2-10,19H,11-15H2,1H3,(H,21,23)/p+1/t19-/m0/s1. The van der Waals surface area contributed by atoms with Gasteiger partial charge in [-0.05, 0) is 29.8 Å². The average Bonchev–Trinajstić information content (AvgIpc) is 2.68. The molecule has 6 nitrogen and oxygen atoms in total. The summed E-state index contributed by atoms with van der Waals surface area (Å²) >= 11 is 0. The highest BCUT2D eigenvalue weighted by molar-refractivity contribution is 7.90. The number of ether oxygens (including phenoxy) is 1. The molecule has 1 aliphatic heterocycles. The molecule has 1 fully saturated rings. The number of carbonyl (C=O) groups excluding carboxylic acids is 1. The first kappa shape index (κ1) is 19.5. The van der Waals surface area contributed by atoms with Gasteiger partial charge in [0.15, 0.2) is 9.84 Å². The fraction of sp³-hybridized carbons (Fsp3) is 0.350. The van der Waals surface area contributed by atoms with Crippen LogP contribution in [0.2, 0.25) is 0 Å². The molecule has 144 valence electrons. The van der Waals surface area contributed by atoms with Crippen molar-refractivity contribution in [1.29, 1.82) is 0 Å². The minimum absolute atomic E-state index is 0.124. The Kier molecular flexibility index (Phi) is 6.26. The lowest BCUT2D eigenvalue weighted by atomic mass is 10.1. The van der Waals surface area contributed by atoms with Crippen LogP contribution in [-0.2, 0) is 14.6 Å². The Morgan fingerprint density at radius 3 is 2.30 bits per heavy atom. The number of benzene rings is 2. The highest BCUT2D eigenvalue weighted by atomic mass is 32.2. The van der Waals surface area contributed by atoms with Crippen LogP contribution in [0.3, 0.4) is 0 Å². The molecule has 1 amide bonds. The number of quaternary nitrogens is 1. The normalized spacial score (nSPS) is 16.6. The zero-order valence-corrected chi connectivity index (χ0v) is 16.2. The quantitative estimate of drug-likeness (QED) is 0.753. The molecule has 3 rings (SSSR count). The van der Waals surface area contributed by atoms with E-state index in [1.54, 1.807) is 12.1 Å². The predicted molar refractivity (Wildman–Crippen MR) is 103 cm³/mol. The summed E-state index contributed by atoms with van der Waals surface area (Å²) in [7, 11) is -3.28. The fourth-order valence-corrected chi connectivity index (χ4v) is 3.82. The summed E-state index contributed by atoms with van der Waals surface area (Å²) in [5.41, 5.74) is 1.50. The Labute approximate surface area is 160 Å². The van der Waals surface area contributed by atoms with Gasteiger partial charge in [0.1, 0.15) is 25.7 Å². The van der Waals surface area contributed by atoms with Crippen LogP contribution < -0.4 is 10.2 Å². The third kappa shape index (κ3) is 5.38. The molecular weight excluding hydrogens is 364 g/mol. The second kappa shape index (κ2) is 8.65. The minimum Gasteiger partial charge on any atom is -0.370 e. The SMILES string of the molecule is CS(=O)(=O)c1ccc(C(=O)N[C@@H](C[NH+]2CCOCC2)c2ccccc2)cc1. The first-order valence-electron chi connectivity index (χ1n) is 9.01. The van der Waals surface area contributed by atoms with Crippen LogP contribution in [-0.4, -0.2) is 53.4 Å². The molecule has 0 aromatic heterocycles. The Morgan fingerprint density at radius 1 is 1.07 bits per heavy atom. The number of morpholine rings is 1. The van der Waals surface area contributed by atoms with E-state index in [1.165, 1.54) is 17.0 Å². The van der Waals surface area contributed by atoms with Crippen molar-refractivity contribution in [2.24, 2.45) is 0 Å². The smallest absolute Gasteiger partial charge is 0.251 e. The molecule has 0 bridgehead atoms. The number of carbonyl (C=O) groups is 1. The molecule has 0 saturated carbocycles. The first-order valence-corrected chi connectivity index (χ1v) is 10.9. The predicted octanol–water partition coefficient (Wildman–Crippen LogP) is 0.476. The van der Waals surface area contributed by atoms with E-state index < -0.39 is 9.84 Å². The molecular formula is C20H25N2O4S+. The maximum atomic E-state index is 12.7. The number of amides is 1. The molecule has 2 aromatic rings. The Bertz CT molecular complexity index is 861.